The standard InChI is InChI=1S/C11H23O6P/c1-2-8-11(12)16-9-6-4-3-5-7-10-17-18(13,14)15/h2-10H2,1H3,(H2,13,14,15). The van der Waals surface area contributed by atoms with E-state index >= 15 is 0 Å². The highest BCUT2D eigenvalue weighted by atomic mass is 31.2. The number of rotatable bonds is 11. The topological polar surface area (TPSA) is 93.1 Å². The lowest BCUT2D eigenvalue weighted by Gasteiger charge is -2.05. The van der Waals surface area contributed by atoms with Crippen LogP contribution in [0, 0.1) is 0 Å². The molecule has 0 aliphatic rings. The zero-order chi connectivity index (χ0) is 13.9. The summed E-state index contributed by atoms with van der Waals surface area (Å²) < 4.78 is 19.6. The molecule has 0 saturated carbocycles. The number of carbonyl (C=O) groups excluding carboxylic acids is 1. The Kier molecular flexibility index (Phi) is 10.3. The molecule has 0 amide bonds. The molecule has 2 N–H and O–H groups in total. The minimum absolute atomic E-state index is 0.0791. The first-order valence-electron chi connectivity index (χ1n) is 6.31. The van der Waals surface area contributed by atoms with Crippen molar-refractivity contribution in [2.75, 3.05) is 13.2 Å². The smallest absolute Gasteiger partial charge is 0.466 e. The first kappa shape index (κ1) is 17.6. The summed E-state index contributed by atoms with van der Waals surface area (Å²) in [6.07, 6.45) is 5.46. The average molecular weight is 282 g/mol. The lowest BCUT2D eigenvalue weighted by Crippen LogP contribution is -2.04. The van der Waals surface area contributed by atoms with Gasteiger partial charge in [0, 0.05) is 6.42 Å². The van der Waals surface area contributed by atoms with E-state index in [2.05, 4.69) is 4.52 Å². The van der Waals surface area contributed by atoms with Gasteiger partial charge >= 0.3 is 13.8 Å². The first-order chi connectivity index (χ1) is 8.45. The molecule has 6 nitrogen and oxygen atoms in total. The zero-order valence-corrected chi connectivity index (χ0v) is 11.7. The third-order valence-electron chi connectivity index (χ3n) is 2.27. The molecule has 0 aliphatic heterocycles. The van der Waals surface area contributed by atoms with E-state index in [0.717, 1.165) is 32.1 Å². The normalized spacial score (nSPS) is 11.5. The van der Waals surface area contributed by atoms with Crippen molar-refractivity contribution in [3.8, 4) is 0 Å². The molecule has 0 aromatic carbocycles. The summed E-state index contributed by atoms with van der Waals surface area (Å²) in [5.74, 6) is -0.146. The number of esters is 1. The van der Waals surface area contributed by atoms with Crippen molar-refractivity contribution in [2.24, 2.45) is 0 Å². The summed E-state index contributed by atoms with van der Waals surface area (Å²) in [4.78, 5) is 27.9. The molecule has 0 rings (SSSR count). The molecule has 0 fully saturated rings. The lowest BCUT2D eigenvalue weighted by atomic mass is 10.1. The number of phosphoric ester groups is 1. The van der Waals surface area contributed by atoms with Crippen LogP contribution in [-0.4, -0.2) is 29.0 Å². The van der Waals surface area contributed by atoms with Gasteiger partial charge in [0.2, 0.25) is 0 Å². The van der Waals surface area contributed by atoms with Crippen molar-refractivity contribution >= 4 is 13.8 Å². The van der Waals surface area contributed by atoms with Crippen LogP contribution >= 0.6 is 7.82 Å². The molecular formula is C11H23O6P. The highest BCUT2D eigenvalue weighted by Gasteiger charge is 2.12. The van der Waals surface area contributed by atoms with Crippen LogP contribution in [0.4, 0.5) is 0 Å². The average Bonchev–Trinajstić information content (AvgIpc) is 2.25. The van der Waals surface area contributed by atoms with Gasteiger partial charge < -0.3 is 14.5 Å². The number of hydrogen-bond donors (Lipinski definition) is 2. The number of hydrogen-bond acceptors (Lipinski definition) is 4. The maximum Gasteiger partial charge on any atom is 0.469 e. The Labute approximate surface area is 108 Å². The molecule has 0 radical (unpaired) electrons. The van der Waals surface area contributed by atoms with Gasteiger partial charge in [-0.1, -0.05) is 26.2 Å². The van der Waals surface area contributed by atoms with Gasteiger partial charge in [0.1, 0.15) is 0 Å². The Morgan fingerprint density at radius 2 is 1.61 bits per heavy atom. The molecule has 0 aliphatic carbocycles. The van der Waals surface area contributed by atoms with Crippen LogP contribution in [-0.2, 0) is 18.6 Å². The van der Waals surface area contributed by atoms with Crippen LogP contribution in [0.25, 0.3) is 0 Å². The fourth-order valence-corrected chi connectivity index (χ4v) is 1.75. The molecule has 7 heteroatoms. The summed E-state index contributed by atoms with van der Waals surface area (Å²) in [6, 6.07) is 0. The first-order valence-corrected chi connectivity index (χ1v) is 7.84. The lowest BCUT2D eigenvalue weighted by molar-refractivity contribution is -0.143. The SMILES string of the molecule is CCCC(=O)OCCCCCCCOP(=O)(O)O. The van der Waals surface area contributed by atoms with Crippen molar-refractivity contribution in [2.45, 2.75) is 51.9 Å². The fraction of sp³-hybridized carbons (Fsp3) is 0.909. The Morgan fingerprint density at radius 3 is 2.17 bits per heavy atom. The number of ether oxygens (including phenoxy) is 1. The number of carbonyl (C=O) groups is 1. The van der Waals surface area contributed by atoms with Gasteiger partial charge in [-0.05, 0) is 19.3 Å². The molecule has 0 unspecified atom stereocenters. The van der Waals surface area contributed by atoms with Gasteiger partial charge in [0.05, 0.1) is 13.2 Å². The Hall–Kier alpha value is -0.420. The van der Waals surface area contributed by atoms with E-state index in [4.69, 9.17) is 14.5 Å². The second-order valence-corrected chi connectivity index (χ2v) is 5.30. The predicted molar refractivity (Wildman–Crippen MR) is 66.9 cm³/mol. The third-order valence-corrected chi connectivity index (χ3v) is 2.78. The van der Waals surface area contributed by atoms with Crippen molar-refractivity contribution in [1.29, 1.82) is 0 Å². The molecule has 0 spiro atoms. The maximum atomic E-state index is 11.0. The van der Waals surface area contributed by atoms with Gasteiger partial charge in [-0.25, -0.2) is 4.57 Å². The molecule has 108 valence electrons. The molecule has 0 heterocycles. The summed E-state index contributed by atoms with van der Waals surface area (Å²) in [5.41, 5.74) is 0. The van der Waals surface area contributed by atoms with E-state index in [1.54, 1.807) is 0 Å². The van der Waals surface area contributed by atoms with E-state index in [0.29, 0.717) is 19.4 Å². The molecule has 0 atom stereocenters. The minimum Gasteiger partial charge on any atom is -0.466 e. The van der Waals surface area contributed by atoms with Crippen LogP contribution in [0.3, 0.4) is 0 Å². The highest BCUT2D eigenvalue weighted by molar-refractivity contribution is 7.46. The summed E-state index contributed by atoms with van der Waals surface area (Å²) in [5, 5.41) is 0. The van der Waals surface area contributed by atoms with Crippen molar-refractivity contribution < 1.29 is 28.4 Å². The van der Waals surface area contributed by atoms with Gasteiger partial charge in [-0.15, -0.1) is 0 Å². The number of phosphoric acid groups is 1. The Morgan fingerprint density at radius 1 is 1.06 bits per heavy atom. The van der Waals surface area contributed by atoms with Gasteiger partial charge in [0.15, 0.2) is 0 Å². The van der Waals surface area contributed by atoms with E-state index < -0.39 is 7.82 Å². The van der Waals surface area contributed by atoms with E-state index in [-0.39, 0.29) is 12.6 Å². The molecule has 0 aromatic heterocycles. The summed E-state index contributed by atoms with van der Waals surface area (Å²) in [7, 11) is -4.31. The van der Waals surface area contributed by atoms with Crippen LogP contribution in [0.5, 0.6) is 0 Å². The van der Waals surface area contributed by atoms with Crippen molar-refractivity contribution in [3.63, 3.8) is 0 Å². The second kappa shape index (κ2) is 10.5. The van der Waals surface area contributed by atoms with Crippen molar-refractivity contribution in [3.05, 3.63) is 0 Å². The number of unbranched alkanes of at least 4 members (excludes halogenated alkanes) is 4. The third kappa shape index (κ3) is 13.6. The highest BCUT2D eigenvalue weighted by Crippen LogP contribution is 2.35. The molecule has 0 aromatic rings. The fourth-order valence-electron chi connectivity index (χ4n) is 1.38. The Balaban J connectivity index is 3.17. The van der Waals surface area contributed by atoms with Crippen LogP contribution in [0.15, 0.2) is 0 Å². The summed E-state index contributed by atoms with van der Waals surface area (Å²) in [6.45, 7) is 2.47. The van der Waals surface area contributed by atoms with Crippen LogP contribution in [0.1, 0.15) is 51.9 Å². The second-order valence-electron chi connectivity index (χ2n) is 4.06. The van der Waals surface area contributed by atoms with Crippen LogP contribution < -0.4 is 0 Å². The van der Waals surface area contributed by atoms with Gasteiger partial charge in [-0.2, -0.15) is 0 Å². The van der Waals surface area contributed by atoms with E-state index in [1.807, 2.05) is 6.92 Å². The van der Waals surface area contributed by atoms with Gasteiger partial charge in [0.25, 0.3) is 0 Å². The monoisotopic (exact) mass is 282 g/mol. The van der Waals surface area contributed by atoms with Crippen LogP contribution in [0.2, 0.25) is 0 Å². The molecule has 0 bridgehead atoms. The maximum absolute atomic E-state index is 11.0. The van der Waals surface area contributed by atoms with Gasteiger partial charge in [-0.3, -0.25) is 9.32 Å². The van der Waals surface area contributed by atoms with E-state index in [9.17, 15) is 9.36 Å². The molecule has 0 saturated heterocycles. The minimum atomic E-state index is -4.31. The summed E-state index contributed by atoms with van der Waals surface area (Å²) >= 11 is 0. The molecular weight excluding hydrogens is 259 g/mol. The zero-order valence-electron chi connectivity index (χ0n) is 10.8. The molecule has 18 heavy (non-hydrogen) atoms. The predicted octanol–water partition coefficient (Wildman–Crippen LogP) is 2.39. The quantitative estimate of drug-likeness (QED) is 0.343. The largest absolute Gasteiger partial charge is 0.469 e. The Bertz CT molecular complexity index is 262. The van der Waals surface area contributed by atoms with E-state index in [1.165, 1.54) is 0 Å². The van der Waals surface area contributed by atoms with Crippen molar-refractivity contribution in [1.82, 2.24) is 0 Å².